The number of aliphatic imine (C=N–C) groups is 1. The van der Waals surface area contributed by atoms with Gasteiger partial charge in [-0.1, -0.05) is 48.5 Å². The summed E-state index contributed by atoms with van der Waals surface area (Å²) in [5, 5.41) is 7.00. The van der Waals surface area contributed by atoms with Crippen molar-refractivity contribution in [2.24, 2.45) is 4.99 Å². The first kappa shape index (κ1) is 23.3. The summed E-state index contributed by atoms with van der Waals surface area (Å²) in [7, 11) is 1.82. The van der Waals surface area contributed by atoms with Crippen LogP contribution >= 0.6 is 0 Å². The number of guanidine groups is 1. The third-order valence-electron chi connectivity index (χ3n) is 6.85. The number of carbonyl (C=O) groups is 1. The molecule has 2 atom stereocenters. The molecule has 0 saturated carbocycles. The van der Waals surface area contributed by atoms with Crippen molar-refractivity contribution in [3.63, 3.8) is 0 Å². The first-order valence-corrected chi connectivity index (χ1v) is 12.3. The van der Waals surface area contributed by atoms with E-state index in [0.29, 0.717) is 18.5 Å². The van der Waals surface area contributed by atoms with Gasteiger partial charge in [-0.2, -0.15) is 0 Å². The van der Waals surface area contributed by atoms with Gasteiger partial charge in [0.2, 0.25) is 5.91 Å². The Morgan fingerprint density at radius 2 is 1.88 bits per heavy atom. The van der Waals surface area contributed by atoms with Crippen LogP contribution in [0.4, 0.5) is 5.69 Å². The van der Waals surface area contributed by atoms with Crippen LogP contribution in [0.1, 0.15) is 43.7 Å². The van der Waals surface area contributed by atoms with E-state index in [2.05, 4.69) is 69.9 Å². The molecule has 33 heavy (non-hydrogen) atoms. The zero-order valence-corrected chi connectivity index (χ0v) is 20.0. The smallest absolute Gasteiger partial charge is 0.227 e. The Bertz CT molecular complexity index is 945. The lowest BCUT2D eigenvalue weighted by atomic mass is 9.97. The van der Waals surface area contributed by atoms with Crippen LogP contribution < -0.4 is 15.5 Å². The summed E-state index contributed by atoms with van der Waals surface area (Å²) >= 11 is 0. The number of hydrogen-bond donors (Lipinski definition) is 2. The first-order valence-electron chi connectivity index (χ1n) is 12.3. The van der Waals surface area contributed by atoms with Crippen LogP contribution in [0.2, 0.25) is 0 Å². The minimum Gasteiger partial charge on any atom is -0.356 e. The molecule has 2 unspecified atom stereocenters. The minimum atomic E-state index is 0.212. The summed E-state index contributed by atoms with van der Waals surface area (Å²) in [4.78, 5) is 21.6. The average Bonchev–Trinajstić information content (AvgIpc) is 3.27. The SMILES string of the molecule is CN=C(NCCCC(=O)N1CCc2ccccc21)NC1CCN(Cc2ccccc2)C(C)C1. The summed E-state index contributed by atoms with van der Waals surface area (Å²) in [6.07, 6.45) is 4.50. The highest BCUT2D eigenvalue weighted by Crippen LogP contribution is 2.28. The zero-order chi connectivity index (χ0) is 23.0. The zero-order valence-electron chi connectivity index (χ0n) is 20.0. The number of para-hydroxylation sites is 1. The van der Waals surface area contributed by atoms with E-state index in [-0.39, 0.29) is 5.91 Å². The molecule has 6 heteroatoms. The van der Waals surface area contributed by atoms with Crippen LogP contribution in [0.5, 0.6) is 0 Å². The van der Waals surface area contributed by atoms with Crippen molar-refractivity contribution in [3.05, 3.63) is 65.7 Å². The van der Waals surface area contributed by atoms with Crippen LogP contribution in [0, 0.1) is 0 Å². The maximum Gasteiger partial charge on any atom is 0.227 e. The van der Waals surface area contributed by atoms with Crippen molar-refractivity contribution in [2.75, 3.05) is 31.6 Å². The topological polar surface area (TPSA) is 60.0 Å². The van der Waals surface area contributed by atoms with Gasteiger partial charge in [0.15, 0.2) is 5.96 Å². The maximum absolute atomic E-state index is 12.7. The van der Waals surface area contributed by atoms with Crippen LogP contribution in [0.3, 0.4) is 0 Å². The van der Waals surface area contributed by atoms with Gasteiger partial charge >= 0.3 is 0 Å². The van der Waals surface area contributed by atoms with Gasteiger partial charge in [0.1, 0.15) is 0 Å². The molecule has 0 spiro atoms. The number of hydrogen-bond acceptors (Lipinski definition) is 3. The van der Waals surface area contributed by atoms with Gasteiger partial charge in [0.05, 0.1) is 0 Å². The van der Waals surface area contributed by atoms with Crippen molar-refractivity contribution in [1.29, 1.82) is 0 Å². The average molecular weight is 448 g/mol. The third-order valence-corrected chi connectivity index (χ3v) is 6.85. The van der Waals surface area contributed by atoms with E-state index in [1.165, 1.54) is 11.1 Å². The fourth-order valence-corrected chi connectivity index (χ4v) is 4.97. The Morgan fingerprint density at radius 3 is 2.67 bits per heavy atom. The first-order chi connectivity index (χ1) is 16.1. The Labute approximate surface area is 198 Å². The third kappa shape index (κ3) is 6.14. The maximum atomic E-state index is 12.7. The Hall–Kier alpha value is -2.86. The lowest BCUT2D eigenvalue weighted by Crippen LogP contribution is -2.51. The van der Waals surface area contributed by atoms with Gasteiger partial charge in [-0.05, 0) is 49.8 Å². The predicted molar refractivity (Wildman–Crippen MR) is 136 cm³/mol. The van der Waals surface area contributed by atoms with Gasteiger partial charge < -0.3 is 15.5 Å². The van der Waals surface area contributed by atoms with Gasteiger partial charge in [0.25, 0.3) is 0 Å². The van der Waals surface area contributed by atoms with E-state index >= 15 is 0 Å². The fraction of sp³-hybridized carbons (Fsp3) is 0.481. The molecule has 2 N–H and O–H groups in total. The minimum absolute atomic E-state index is 0.212. The van der Waals surface area contributed by atoms with E-state index in [9.17, 15) is 4.79 Å². The van der Waals surface area contributed by atoms with Gasteiger partial charge in [-0.25, -0.2) is 0 Å². The second kappa shape index (κ2) is 11.3. The second-order valence-electron chi connectivity index (χ2n) is 9.20. The van der Waals surface area contributed by atoms with Gasteiger partial charge in [-0.15, -0.1) is 0 Å². The quantitative estimate of drug-likeness (QED) is 0.387. The number of rotatable bonds is 7. The molecule has 1 saturated heterocycles. The highest BCUT2D eigenvalue weighted by molar-refractivity contribution is 5.95. The van der Waals surface area contributed by atoms with E-state index < -0.39 is 0 Å². The number of amides is 1. The molecule has 176 valence electrons. The van der Waals surface area contributed by atoms with Gasteiger partial charge in [0, 0.05) is 57.4 Å². The van der Waals surface area contributed by atoms with Crippen molar-refractivity contribution < 1.29 is 4.79 Å². The summed E-state index contributed by atoms with van der Waals surface area (Å²) in [5.74, 6) is 1.05. The van der Waals surface area contributed by atoms with Crippen molar-refractivity contribution in [3.8, 4) is 0 Å². The highest BCUT2D eigenvalue weighted by atomic mass is 16.2. The molecule has 0 radical (unpaired) electrons. The number of piperidine rings is 1. The van der Waals surface area contributed by atoms with Crippen LogP contribution in [0.15, 0.2) is 59.6 Å². The predicted octanol–water partition coefficient (Wildman–Crippen LogP) is 3.57. The molecule has 4 rings (SSSR count). The molecular weight excluding hydrogens is 410 g/mol. The summed E-state index contributed by atoms with van der Waals surface area (Å²) in [6.45, 7) is 5.95. The number of benzene rings is 2. The molecule has 0 aromatic heterocycles. The molecule has 1 amide bonds. The molecule has 2 aromatic rings. The summed E-state index contributed by atoms with van der Waals surface area (Å²) < 4.78 is 0. The van der Waals surface area contributed by atoms with Crippen LogP contribution in [0.25, 0.3) is 0 Å². The molecular formula is C27H37N5O. The summed E-state index contributed by atoms with van der Waals surface area (Å²) in [6, 6.07) is 19.9. The van der Waals surface area contributed by atoms with Crippen molar-refractivity contribution in [2.45, 2.75) is 57.7 Å². The number of nitrogens with zero attached hydrogens (tertiary/aromatic N) is 3. The number of anilines is 1. The number of carbonyl (C=O) groups excluding carboxylic acids is 1. The van der Waals surface area contributed by atoms with Gasteiger partial charge in [-0.3, -0.25) is 14.7 Å². The lowest BCUT2D eigenvalue weighted by Gasteiger charge is -2.38. The standard InChI is InChI=1S/C27H37N5O/c1-21-19-24(15-17-31(21)20-22-9-4-3-5-10-22)30-27(28-2)29-16-8-13-26(33)32-18-14-23-11-6-7-12-25(23)32/h3-7,9-12,21,24H,8,13-20H2,1-2H3,(H2,28,29,30). The second-order valence-corrected chi connectivity index (χ2v) is 9.20. The number of fused-ring (bicyclic) bond motifs is 1. The summed E-state index contributed by atoms with van der Waals surface area (Å²) in [5.41, 5.74) is 3.73. The van der Waals surface area contributed by atoms with E-state index in [0.717, 1.165) is 63.5 Å². The monoisotopic (exact) mass is 447 g/mol. The normalized spacial score (nSPS) is 21.0. The Morgan fingerprint density at radius 1 is 1.09 bits per heavy atom. The van der Waals surface area contributed by atoms with E-state index in [1.54, 1.807) is 0 Å². The molecule has 2 aliphatic heterocycles. The fourth-order valence-electron chi connectivity index (χ4n) is 4.97. The van der Waals surface area contributed by atoms with Crippen molar-refractivity contribution in [1.82, 2.24) is 15.5 Å². The Kier molecular flexibility index (Phi) is 8.00. The Balaban J connectivity index is 1.16. The lowest BCUT2D eigenvalue weighted by molar-refractivity contribution is -0.118. The number of likely N-dealkylation sites (tertiary alicyclic amines) is 1. The molecule has 2 aromatic carbocycles. The molecule has 2 aliphatic rings. The molecule has 1 fully saturated rings. The van der Waals surface area contributed by atoms with E-state index in [1.807, 2.05) is 24.1 Å². The number of nitrogens with one attached hydrogen (secondary N) is 2. The largest absolute Gasteiger partial charge is 0.356 e. The van der Waals surface area contributed by atoms with Crippen LogP contribution in [-0.4, -0.2) is 55.5 Å². The highest BCUT2D eigenvalue weighted by Gasteiger charge is 2.26. The van der Waals surface area contributed by atoms with Crippen molar-refractivity contribution >= 4 is 17.6 Å². The molecule has 0 bridgehead atoms. The molecule has 2 heterocycles. The molecule has 6 nitrogen and oxygen atoms in total. The van der Waals surface area contributed by atoms with E-state index in [4.69, 9.17) is 0 Å². The molecule has 0 aliphatic carbocycles. The van der Waals surface area contributed by atoms with Crippen LogP contribution in [-0.2, 0) is 17.8 Å².